The summed E-state index contributed by atoms with van der Waals surface area (Å²) >= 11 is 0. The van der Waals surface area contributed by atoms with Gasteiger partial charge in [-0.15, -0.1) is 0 Å². The average Bonchev–Trinajstić information content (AvgIpc) is 2.05. The summed E-state index contributed by atoms with van der Waals surface area (Å²) in [5, 5.41) is 8.74. The Balaban J connectivity index is 2.91. The maximum atomic E-state index is 8.74. The summed E-state index contributed by atoms with van der Waals surface area (Å²) in [4.78, 5) is 0. The van der Waals surface area contributed by atoms with E-state index in [0.717, 1.165) is 16.7 Å². The lowest BCUT2D eigenvalue weighted by atomic mass is 10.1. The van der Waals surface area contributed by atoms with Crippen molar-refractivity contribution in [2.45, 2.75) is 13.5 Å². The predicted octanol–water partition coefficient (Wildman–Crippen LogP) is 2.21. The van der Waals surface area contributed by atoms with Gasteiger partial charge in [0.05, 0.1) is 6.61 Å². The summed E-state index contributed by atoms with van der Waals surface area (Å²) in [7, 11) is 0. The molecule has 0 atom stereocenters. The van der Waals surface area contributed by atoms with Gasteiger partial charge in [0.25, 0.3) is 0 Å². The molecule has 0 bridgehead atoms. The molecule has 0 aliphatic carbocycles. The summed E-state index contributed by atoms with van der Waals surface area (Å²) < 4.78 is 0. The number of hydrogen-bond acceptors (Lipinski definition) is 1. The van der Waals surface area contributed by atoms with Crippen LogP contribution in [0.1, 0.15) is 18.1 Å². The number of aliphatic hydroxyl groups excluding tert-OH is 1. The number of allylic oxidation sites excluding steroid dienone is 1. The minimum absolute atomic E-state index is 0.108. The Bertz CT molecular complexity index is 246. The Morgan fingerprint density at radius 2 is 1.91 bits per heavy atom. The number of aliphatic hydroxyl groups is 1. The lowest BCUT2D eigenvalue weighted by molar-refractivity contribution is 0.282. The van der Waals surface area contributed by atoms with Gasteiger partial charge >= 0.3 is 0 Å². The van der Waals surface area contributed by atoms with Crippen molar-refractivity contribution in [1.82, 2.24) is 0 Å². The zero-order valence-electron chi connectivity index (χ0n) is 6.67. The van der Waals surface area contributed by atoms with Crippen molar-refractivity contribution in [3.63, 3.8) is 0 Å². The van der Waals surface area contributed by atoms with E-state index in [1.807, 2.05) is 31.2 Å². The van der Waals surface area contributed by atoms with Crippen molar-refractivity contribution in [1.29, 1.82) is 0 Å². The van der Waals surface area contributed by atoms with Crippen LogP contribution < -0.4 is 0 Å². The fourth-order valence-corrected chi connectivity index (χ4v) is 0.895. The van der Waals surface area contributed by atoms with Crippen molar-refractivity contribution in [2.24, 2.45) is 0 Å². The normalized spacial score (nSPS) is 9.64. The Hall–Kier alpha value is -1.08. The van der Waals surface area contributed by atoms with Crippen LogP contribution in [-0.4, -0.2) is 5.11 Å². The Morgan fingerprint density at radius 3 is 2.27 bits per heavy atom. The molecule has 0 fully saturated rings. The average molecular weight is 148 g/mol. The van der Waals surface area contributed by atoms with Gasteiger partial charge in [0.1, 0.15) is 0 Å². The third kappa shape index (κ3) is 1.92. The van der Waals surface area contributed by atoms with Crippen LogP contribution in [0.25, 0.3) is 5.57 Å². The first-order valence-electron chi connectivity index (χ1n) is 3.59. The van der Waals surface area contributed by atoms with Crippen molar-refractivity contribution < 1.29 is 5.11 Å². The van der Waals surface area contributed by atoms with E-state index in [4.69, 9.17) is 5.11 Å². The van der Waals surface area contributed by atoms with Gasteiger partial charge < -0.3 is 5.11 Å². The van der Waals surface area contributed by atoms with Crippen molar-refractivity contribution in [3.8, 4) is 0 Å². The summed E-state index contributed by atoms with van der Waals surface area (Å²) in [6.45, 7) is 5.89. The molecule has 58 valence electrons. The molecule has 0 aliphatic rings. The molecular formula is C10H12O. The van der Waals surface area contributed by atoms with Crippen LogP contribution in [0.3, 0.4) is 0 Å². The third-order valence-corrected chi connectivity index (χ3v) is 1.63. The van der Waals surface area contributed by atoms with E-state index >= 15 is 0 Å². The molecule has 11 heavy (non-hydrogen) atoms. The second-order valence-electron chi connectivity index (χ2n) is 2.64. The van der Waals surface area contributed by atoms with E-state index in [2.05, 4.69) is 6.58 Å². The topological polar surface area (TPSA) is 20.2 Å². The molecule has 0 radical (unpaired) electrons. The molecule has 0 unspecified atom stereocenters. The smallest absolute Gasteiger partial charge is 0.0681 e. The Labute approximate surface area is 67.0 Å². The van der Waals surface area contributed by atoms with Gasteiger partial charge in [0.15, 0.2) is 0 Å². The van der Waals surface area contributed by atoms with E-state index in [0.29, 0.717) is 0 Å². The molecular weight excluding hydrogens is 136 g/mol. The van der Waals surface area contributed by atoms with Gasteiger partial charge in [-0.25, -0.2) is 0 Å². The fourth-order valence-electron chi connectivity index (χ4n) is 0.895. The van der Waals surface area contributed by atoms with E-state index in [1.54, 1.807) is 0 Å². The van der Waals surface area contributed by atoms with Crippen LogP contribution in [0.15, 0.2) is 30.8 Å². The highest BCUT2D eigenvalue weighted by atomic mass is 16.3. The van der Waals surface area contributed by atoms with Crippen LogP contribution in [0.2, 0.25) is 0 Å². The molecule has 0 spiro atoms. The quantitative estimate of drug-likeness (QED) is 0.681. The molecule has 1 aromatic rings. The van der Waals surface area contributed by atoms with Crippen molar-refractivity contribution in [3.05, 3.63) is 42.0 Å². The highest BCUT2D eigenvalue weighted by Gasteiger charge is 1.92. The van der Waals surface area contributed by atoms with Gasteiger partial charge in [-0.2, -0.15) is 0 Å². The van der Waals surface area contributed by atoms with Gasteiger partial charge in [0.2, 0.25) is 0 Å². The lowest BCUT2D eigenvalue weighted by Gasteiger charge is -1.99. The molecule has 1 rings (SSSR count). The first-order valence-corrected chi connectivity index (χ1v) is 3.59. The SMILES string of the molecule is C=C(C)c1ccc(CO)cc1. The highest BCUT2D eigenvalue weighted by Crippen LogP contribution is 2.11. The molecule has 1 heteroatoms. The van der Waals surface area contributed by atoms with Gasteiger partial charge in [0, 0.05) is 0 Å². The first kappa shape index (κ1) is 8.02. The Morgan fingerprint density at radius 1 is 1.36 bits per heavy atom. The van der Waals surface area contributed by atoms with Crippen molar-refractivity contribution >= 4 is 5.57 Å². The molecule has 1 N–H and O–H groups in total. The van der Waals surface area contributed by atoms with E-state index < -0.39 is 0 Å². The van der Waals surface area contributed by atoms with E-state index in [9.17, 15) is 0 Å². The zero-order chi connectivity index (χ0) is 8.27. The first-order chi connectivity index (χ1) is 5.24. The number of hydrogen-bond donors (Lipinski definition) is 1. The van der Waals surface area contributed by atoms with Crippen LogP contribution in [0.5, 0.6) is 0 Å². The molecule has 0 aliphatic heterocycles. The van der Waals surface area contributed by atoms with Crippen LogP contribution >= 0.6 is 0 Å². The van der Waals surface area contributed by atoms with E-state index in [-0.39, 0.29) is 6.61 Å². The standard InChI is InChI=1S/C10H12O/c1-8(2)10-5-3-9(7-11)4-6-10/h3-6,11H,1,7H2,2H3. The molecule has 0 saturated carbocycles. The van der Waals surface area contributed by atoms with Gasteiger partial charge in [-0.1, -0.05) is 36.4 Å². The monoisotopic (exact) mass is 148 g/mol. The summed E-state index contributed by atoms with van der Waals surface area (Å²) in [5.74, 6) is 0. The molecule has 0 saturated heterocycles. The summed E-state index contributed by atoms with van der Waals surface area (Å²) in [5.41, 5.74) is 3.12. The third-order valence-electron chi connectivity index (χ3n) is 1.63. The number of benzene rings is 1. The molecule has 0 heterocycles. The fraction of sp³-hybridized carbons (Fsp3) is 0.200. The van der Waals surface area contributed by atoms with Gasteiger partial charge in [-0.3, -0.25) is 0 Å². The maximum Gasteiger partial charge on any atom is 0.0681 e. The van der Waals surface area contributed by atoms with Gasteiger partial charge in [-0.05, 0) is 18.1 Å². The van der Waals surface area contributed by atoms with Crippen LogP contribution in [-0.2, 0) is 6.61 Å². The Kier molecular flexibility index (Phi) is 2.44. The van der Waals surface area contributed by atoms with Crippen LogP contribution in [0, 0.1) is 0 Å². The van der Waals surface area contributed by atoms with E-state index in [1.165, 1.54) is 0 Å². The largest absolute Gasteiger partial charge is 0.392 e. The zero-order valence-corrected chi connectivity index (χ0v) is 6.67. The second-order valence-corrected chi connectivity index (χ2v) is 2.64. The summed E-state index contributed by atoms with van der Waals surface area (Å²) in [6.07, 6.45) is 0. The lowest BCUT2D eigenvalue weighted by Crippen LogP contribution is -1.83. The predicted molar refractivity (Wildman–Crippen MR) is 47.1 cm³/mol. The minimum Gasteiger partial charge on any atom is -0.392 e. The van der Waals surface area contributed by atoms with Crippen molar-refractivity contribution in [2.75, 3.05) is 0 Å². The minimum atomic E-state index is 0.108. The molecule has 1 nitrogen and oxygen atoms in total. The molecule has 0 amide bonds. The maximum absolute atomic E-state index is 8.74. The van der Waals surface area contributed by atoms with Crippen LogP contribution in [0.4, 0.5) is 0 Å². The second kappa shape index (κ2) is 3.35. The highest BCUT2D eigenvalue weighted by molar-refractivity contribution is 5.61. The molecule has 1 aromatic carbocycles. The number of rotatable bonds is 2. The molecule has 0 aromatic heterocycles. The summed E-state index contributed by atoms with van der Waals surface area (Å²) in [6, 6.07) is 7.75.